The smallest absolute Gasteiger partial charge is 0.341 e. The zero-order chi connectivity index (χ0) is 32.6. The molecule has 2 rings (SSSR count). The van der Waals surface area contributed by atoms with E-state index in [1.165, 1.54) is 13.8 Å². The van der Waals surface area contributed by atoms with Crippen molar-refractivity contribution in [3.8, 4) is 11.5 Å². The van der Waals surface area contributed by atoms with E-state index in [0.29, 0.717) is 17.1 Å². The summed E-state index contributed by atoms with van der Waals surface area (Å²) in [6.07, 6.45) is -2.80. The van der Waals surface area contributed by atoms with Crippen molar-refractivity contribution in [1.29, 1.82) is 0 Å². The van der Waals surface area contributed by atoms with Crippen molar-refractivity contribution in [2.75, 3.05) is 5.75 Å². The lowest BCUT2D eigenvalue weighted by molar-refractivity contribution is -0.177. The van der Waals surface area contributed by atoms with Crippen LogP contribution in [0.5, 0.6) is 11.5 Å². The van der Waals surface area contributed by atoms with Crippen LogP contribution in [-0.4, -0.2) is 48.9 Å². The molecule has 0 aliphatic carbocycles. The summed E-state index contributed by atoms with van der Waals surface area (Å²) in [5.41, 5.74) is -2.57. The molecule has 0 radical (unpaired) electrons. The van der Waals surface area contributed by atoms with Gasteiger partial charge in [-0.2, -0.15) is 8.42 Å². The van der Waals surface area contributed by atoms with Gasteiger partial charge in [0.25, 0.3) is 10.1 Å². The SMILES string of the molecule is CC(OC(=O)C(C)(C)C)OP(=O)(OC(C)OC(=O)C(C)(C)C)C(CCc1cccc(Oc2ccccc2)c1)CS(=O)(=O)O. The number of para-hydroxylation sites is 1. The van der Waals surface area contributed by atoms with E-state index in [2.05, 4.69) is 0 Å². The molecule has 0 spiro atoms. The molecule has 0 aliphatic heterocycles. The molecule has 11 nitrogen and oxygen atoms in total. The van der Waals surface area contributed by atoms with Crippen LogP contribution in [0.4, 0.5) is 0 Å². The number of hydrogen-bond donors (Lipinski definition) is 1. The van der Waals surface area contributed by atoms with Gasteiger partial charge in [-0.05, 0) is 98.1 Å². The maximum absolute atomic E-state index is 14.4. The highest BCUT2D eigenvalue weighted by atomic mass is 32.2. The fraction of sp³-hybridized carbons (Fsp3) is 0.533. The number of esters is 2. The molecule has 3 atom stereocenters. The first-order chi connectivity index (χ1) is 19.7. The van der Waals surface area contributed by atoms with Crippen LogP contribution in [0, 0.1) is 10.8 Å². The van der Waals surface area contributed by atoms with Crippen molar-refractivity contribution in [2.45, 2.75) is 86.5 Å². The zero-order valence-electron chi connectivity index (χ0n) is 25.9. The maximum atomic E-state index is 14.4. The van der Waals surface area contributed by atoms with Gasteiger partial charge < -0.3 is 14.2 Å². The van der Waals surface area contributed by atoms with E-state index in [1.807, 2.05) is 18.2 Å². The van der Waals surface area contributed by atoms with Crippen LogP contribution in [0.1, 0.15) is 67.4 Å². The first-order valence-corrected chi connectivity index (χ1v) is 17.1. The Hall–Kier alpha value is -2.76. The standard InChI is InChI=1S/C30H43O11PS/c1-21(37-27(31)29(3,4)5)40-42(33,41-22(2)38-28(32)30(6,7)8)26(20-43(34,35)36)18-17-23-13-12-16-25(19-23)39-24-14-10-9-11-15-24/h9-16,19,21-22,26H,17-18,20H2,1-8H3,(H,34,35,36). The van der Waals surface area contributed by atoms with E-state index in [9.17, 15) is 27.1 Å². The molecule has 43 heavy (non-hydrogen) atoms. The first kappa shape index (κ1) is 36.4. The number of rotatable bonds is 14. The first-order valence-electron chi connectivity index (χ1n) is 13.8. The highest BCUT2D eigenvalue weighted by molar-refractivity contribution is 7.86. The molecule has 0 aliphatic rings. The van der Waals surface area contributed by atoms with Gasteiger partial charge in [0.1, 0.15) is 11.5 Å². The number of aryl methyl sites for hydroxylation is 1. The molecule has 2 aromatic carbocycles. The molecule has 2 aromatic rings. The zero-order valence-corrected chi connectivity index (χ0v) is 27.6. The highest BCUT2D eigenvalue weighted by Gasteiger charge is 2.43. The molecule has 0 amide bonds. The largest absolute Gasteiger partial charge is 0.457 e. The van der Waals surface area contributed by atoms with Gasteiger partial charge >= 0.3 is 19.5 Å². The third-order valence-corrected chi connectivity index (χ3v) is 9.44. The Morgan fingerprint density at radius 3 is 1.77 bits per heavy atom. The molecule has 1 N–H and O–H groups in total. The lowest BCUT2D eigenvalue weighted by Gasteiger charge is -2.31. The molecule has 3 unspecified atom stereocenters. The fourth-order valence-corrected chi connectivity index (χ4v) is 7.31. The average molecular weight is 643 g/mol. The summed E-state index contributed by atoms with van der Waals surface area (Å²) in [5.74, 6) is -1.19. The van der Waals surface area contributed by atoms with Crippen LogP contribution in [0.25, 0.3) is 0 Å². The highest BCUT2D eigenvalue weighted by Crippen LogP contribution is 2.57. The molecule has 0 heterocycles. The van der Waals surface area contributed by atoms with Gasteiger partial charge in [-0.15, -0.1) is 0 Å². The predicted octanol–water partition coefficient (Wildman–Crippen LogP) is 6.76. The quantitative estimate of drug-likeness (QED) is 0.101. The predicted molar refractivity (Wildman–Crippen MR) is 161 cm³/mol. The van der Waals surface area contributed by atoms with Crippen molar-refractivity contribution in [1.82, 2.24) is 0 Å². The van der Waals surface area contributed by atoms with E-state index >= 15 is 0 Å². The van der Waals surface area contributed by atoms with Gasteiger partial charge in [0.15, 0.2) is 0 Å². The number of benzene rings is 2. The van der Waals surface area contributed by atoms with Gasteiger partial charge in [-0.25, -0.2) is 0 Å². The molecular weight excluding hydrogens is 599 g/mol. The minimum Gasteiger partial charge on any atom is -0.457 e. The topological polar surface area (TPSA) is 152 Å². The van der Waals surface area contributed by atoms with E-state index in [0.717, 1.165) is 0 Å². The monoisotopic (exact) mass is 642 g/mol. The van der Waals surface area contributed by atoms with Crippen LogP contribution in [0.3, 0.4) is 0 Å². The second-order valence-electron chi connectivity index (χ2n) is 12.2. The summed E-state index contributed by atoms with van der Waals surface area (Å²) in [6, 6.07) is 16.1. The Bertz CT molecular complexity index is 1340. The minimum atomic E-state index is -4.70. The molecule has 13 heteroatoms. The summed E-state index contributed by atoms with van der Waals surface area (Å²) in [5, 5.41) is 0. The van der Waals surface area contributed by atoms with Crippen LogP contribution >= 0.6 is 7.60 Å². The average Bonchev–Trinajstić information content (AvgIpc) is 2.85. The van der Waals surface area contributed by atoms with Crippen molar-refractivity contribution in [3.63, 3.8) is 0 Å². The van der Waals surface area contributed by atoms with Crippen molar-refractivity contribution >= 4 is 29.7 Å². The van der Waals surface area contributed by atoms with Gasteiger partial charge in [0, 0.05) is 0 Å². The van der Waals surface area contributed by atoms with Gasteiger partial charge in [-0.3, -0.25) is 27.8 Å². The van der Waals surface area contributed by atoms with Crippen LogP contribution in [0.2, 0.25) is 0 Å². The van der Waals surface area contributed by atoms with Gasteiger partial charge in [0.05, 0.1) is 22.2 Å². The summed E-state index contributed by atoms with van der Waals surface area (Å²) >= 11 is 0. The third kappa shape index (κ3) is 12.8. The summed E-state index contributed by atoms with van der Waals surface area (Å²) in [6.45, 7) is 12.3. The molecule has 0 aromatic heterocycles. The van der Waals surface area contributed by atoms with E-state index in [-0.39, 0.29) is 12.8 Å². The Morgan fingerprint density at radius 1 is 0.814 bits per heavy atom. The summed E-state index contributed by atoms with van der Waals surface area (Å²) in [4.78, 5) is 24.9. The number of hydrogen-bond acceptors (Lipinski definition) is 10. The number of carbonyl (C=O) groups is 2. The van der Waals surface area contributed by atoms with Crippen LogP contribution < -0.4 is 4.74 Å². The second-order valence-corrected chi connectivity index (χ2v) is 15.9. The lowest BCUT2D eigenvalue weighted by atomic mass is 9.97. The minimum absolute atomic E-state index is 0.105. The number of carbonyl (C=O) groups excluding carboxylic acids is 2. The van der Waals surface area contributed by atoms with Gasteiger partial charge in [-0.1, -0.05) is 30.3 Å². The third-order valence-electron chi connectivity index (χ3n) is 5.86. The van der Waals surface area contributed by atoms with Crippen LogP contribution in [0.15, 0.2) is 54.6 Å². The summed E-state index contributed by atoms with van der Waals surface area (Å²) in [7, 11) is -9.28. The van der Waals surface area contributed by atoms with E-state index in [4.69, 9.17) is 23.3 Å². The van der Waals surface area contributed by atoms with Crippen molar-refractivity contribution in [2.24, 2.45) is 10.8 Å². The maximum Gasteiger partial charge on any atom is 0.341 e. The second kappa shape index (κ2) is 14.8. The molecule has 0 saturated carbocycles. The molecule has 0 fully saturated rings. The molecule has 0 bridgehead atoms. The Balaban J connectivity index is 2.38. The Labute approximate surface area is 254 Å². The van der Waals surface area contributed by atoms with E-state index < -0.39 is 64.5 Å². The van der Waals surface area contributed by atoms with Gasteiger partial charge in [0.2, 0.25) is 12.6 Å². The van der Waals surface area contributed by atoms with Crippen molar-refractivity contribution < 1.29 is 50.4 Å². The number of ether oxygens (including phenoxy) is 3. The van der Waals surface area contributed by atoms with Crippen molar-refractivity contribution in [3.05, 3.63) is 60.2 Å². The lowest BCUT2D eigenvalue weighted by Crippen LogP contribution is -2.33. The summed E-state index contributed by atoms with van der Waals surface area (Å²) < 4.78 is 76.1. The molecule has 240 valence electrons. The normalized spacial score (nSPS) is 15.9. The fourth-order valence-electron chi connectivity index (χ4n) is 3.61. The molecule has 0 saturated heterocycles. The Morgan fingerprint density at radius 2 is 1.30 bits per heavy atom. The van der Waals surface area contributed by atoms with E-state index in [1.54, 1.807) is 77.9 Å². The Kier molecular flexibility index (Phi) is 12.5. The van der Waals surface area contributed by atoms with Crippen LogP contribution in [-0.2, 0) is 49.2 Å². The molecular formula is C30H43O11PS.